The molecule has 1 N–H and O–H groups in total. The number of aryl methyl sites for hydroxylation is 1. The van der Waals surface area contributed by atoms with Crippen molar-refractivity contribution < 1.29 is 9.90 Å². The van der Waals surface area contributed by atoms with Gasteiger partial charge < -0.3 is 10.0 Å². The summed E-state index contributed by atoms with van der Waals surface area (Å²) >= 11 is 0. The Hall–Kier alpha value is -1.58. The third kappa shape index (κ3) is 3.45. The lowest BCUT2D eigenvalue weighted by molar-refractivity contribution is -0.137. The van der Waals surface area contributed by atoms with Crippen molar-refractivity contribution in [1.82, 2.24) is 4.98 Å². The third-order valence-electron chi connectivity index (χ3n) is 3.53. The highest BCUT2D eigenvalue weighted by molar-refractivity contribution is 5.66. The van der Waals surface area contributed by atoms with E-state index in [9.17, 15) is 4.79 Å². The molecule has 0 radical (unpaired) electrons. The smallest absolute Gasteiger partial charge is 0.303 e. The van der Waals surface area contributed by atoms with E-state index in [0.717, 1.165) is 38.0 Å². The summed E-state index contributed by atoms with van der Waals surface area (Å²) in [5.74, 6) is -0.185. The maximum atomic E-state index is 10.6. The van der Waals surface area contributed by atoms with Gasteiger partial charge in [-0.15, -0.1) is 0 Å². The van der Waals surface area contributed by atoms with Crippen molar-refractivity contribution in [3.63, 3.8) is 0 Å². The van der Waals surface area contributed by atoms with E-state index in [4.69, 9.17) is 5.11 Å². The number of carbonyl (C=O) groups is 1. The Morgan fingerprint density at radius 2 is 2.44 bits per heavy atom. The number of nitrogens with zero attached hydrogens (tertiary/aromatic N) is 2. The molecule has 4 nitrogen and oxygen atoms in total. The van der Waals surface area contributed by atoms with Gasteiger partial charge in [-0.3, -0.25) is 9.78 Å². The van der Waals surface area contributed by atoms with E-state index < -0.39 is 5.97 Å². The largest absolute Gasteiger partial charge is 0.481 e. The van der Waals surface area contributed by atoms with Gasteiger partial charge in [-0.25, -0.2) is 0 Å². The summed E-state index contributed by atoms with van der Waals surface area (Å²) in [7, 11) is 0. The predicted molar refractivity (Wildman–Crippen MR) is 70.8 cm³/mol. The fourth-order valence-electron chi connectivity index (χ4n) is 2.59. The standard InChI is InChI=1S/C14H20N2O2/c1-11-9-13(6-7-15-11)16-8-2-3-12(10-16)4-5-14(17)18/h6-7,9,12H,2-5,8,10H2,1H3,(H,17,18). The molecule has 1 aromatic heterocycles. The number of rotatable bonds is 4. The van der Waals surface area contributed by atoms with Crippen LogP contribution in [0.1, 0.15) is 31.4 Å². The van der Waals surface area contributed by atoms with Crippen molar-refractivity contribution in [2.45, 2.75) is 32.6 Å². The van der Waals surface area contributed by atoms with Crippen LogP contribution in [-0.2, 0) is 4.79 Å². The zero-order chi connectivity index (χ0) is 13.0. The van der Waals surface area contributed by atoms with Crippen molar-refractivity contribution in [3.05, 3.63) is 24.0 Å². The molecule has 1 aliphatic rings. The minimum absolute atomic E-state index is 0.286. The summed E-state index contributed by atoms with van der Waals surface area (Å²) in [5.41, 5.74) is 2.24. The van der Waals surface area contributed by atoms with Crippen LogP contribution in [0.25, 0.3) is 0 Å². The first-order valence-corrected chi connectivity index (χ1v) is 6.54. The van der Waals surface area contributed by atoms with E-state index in [2.05, 4.69) is 16.0 Å². The Kier molecular flexibility index (Phi) is 4.18. The maximum Gasteiger partial charge on any atom is 0.303 e. The number of carboxylic acid groups (broad SMARTS) is 1. The highest BCUT2D eigenvalue weighted by atomic mass is 16.4. The highest BCUT2D eigenvalue weighted by Crippen LogP contribution is 2.25. The number of aromatic nitrogens is 1. The molecular weight excluding hydrogens is 228 g/mol. The number of hydrogen-bond donors (Lipinski definition) is 1. The Morgan fingerprint density at radius 3 is 3.17 bits per heavy atom. The van der Waals surface area contributed by atoms with Crippen LogP contribution in [0.5, 0.6) is 0 Å². The van der Waals surface area contributed by atoms with Crippen molar-refractivity contribution in [2.75, 3.05) is 18.0 Å². The summed E-state index contributed by atoms with van der Waals surface area (Å²) in [6.45, 7) is 4.03. The lowest BCUT2D eigenvalue weighted by atomic mass is 9.93. The van der Waals surface area contributed by atoms with E-state index in [-0.39, 0.29) is 6.42 Å². The van der Waals surface area contributed by atoms with Gasteiger partial charge in [0, 0.05) is 37.1 Å². The third-order valence-corrected chi connectivity index (χ3v) is 3.53. The van der Waals surface area contributed by atoms with Crippen LogP contribution >= 0.6 is 0 Å². The average molecular weight is 248 g/mol. The van der Waals surface area contributed by atoms with Gasteiger partial charge in [-0.1, -0.05) is 0 Å². The molecule has 0 amide bonds. The van der Waals surface area contributed by atoms with Crippen LogP contribution in [0.3, 0.4) is 0 Å². The molecular formula is C14H20N2O2. The molecule has 0 spiro atoms. The molecule has 1 fully saturated rings. The molecule has 0 aromatic carbocycles. The van der Waals surface area contributed by atoms with Gasteiger partial charge >= 0.3 is 5.97 Å². The van der Waals surface area contributed by atoms with Gasteiger partial charge in [-0.2, -0.15) is 0 Å². The van der Waals surface area contributed by atoms with Crippen molar-refractivity contribution in [2.24, 2.45) is 5.92 Å². The van der Waals surface area contributed by atoms with Gasteiger partial charge in [0.1, 0.15) is 0 Å². The molecule has 1 aromatic rings. The first kappa shape index (κ1) is 12.9. The second-order valence-corrected chi connectivity index (χ2v) is 5.04. The topological polar surface area (TPSA) is 53.4 Å². The zero-order valence-corrected chi connectivity index (χ0v) is 10.8. The van der Waals surface area contributed by atoms with Crippen LogP contribution in [0.2, 0.25) is 0 Å². The van der Waals surface area contributed by atoms with Crippen LogP contribution in [-0.4, -0.2) is 29.1 Å². The van der Waals surface area contributed by atoms with Gasteiger partial charge in [0.25, 0.3) is 0 Å². The van der Waals surface area contributed by atoms with Crippen molar-refractivity contribution in [1.29, 1.82) is 0 Å². The first-order chi connectivity index (χ1) is 8.65. The molecule has 1 atom stereocenters. The molecule has 2 rings (SSSR count). The summed E-state index contributed by atoms with van der Waals surface area (Å²) in [6, 6.07) is 4.13. The highest BCUT2D eigenvalue weighted by Gasteiger charge is 2.20. The molecule has 1 saturated heterocycles. The van der Waals surface area contributed by atoms with Gasteiger partial charge in [0.05, 0.1) is 0 Å². The van der Waals surface area contributed by atoms with E-state index in [1.807, 2.05) is 19.2 Å². The molecule has 0 bridgehead atoms. The second-order valence-electron chi connectivity index (χ2n) is 5.04. The fraction of sp³-hybridized carbons (Fsp3) is 0.571. The predicted octanol–water partition coefficient (Wildman–Crippen LogP) is 2.47. The van der Waals surface area contributed by atoms with Crippen molar-refractivity contribution >= 4 is 11.7 Å². The maximum absolute atomic E-state index is 10.6. The number of piperidine rings is 1. The molecule has 18 heavy (non-hydrogen) atoms. The molecule has 0 aliphatic carbocycles. The van der Waals surface area contributed by atoms with E-state index in [1.165, 1.54) is 5.69 Å². The SMILES string of the molecule is Cc1cc(N2CCCC(CCC(=O)O)C2)ccn1. The monoisotopic (exact) mass is 248 g/mol. The fourth-order valence-corrected chi connectivity index (χ4v) is 2.59. The van der Waals surface area contributed by atoms with Gasteiger partial charge in [-0.05, 0) is 44.2 Å². The summed E-state index contributed by atoms with van der Waals surface area (Å²) in [4.78, 5) is 17.2. The van der Waals surface area contributed by atoms with Crippen LogP contribution < -0.4 is 4.90 Å². The van der Waals surface area contributed by atoms with Gasteiger partial charge in [0.2, 0.25) is 0 Å². The molecule has 2 heterocycles. The Morgan fingerprint density at radius 1 is 1.61 bits per heavy atom. The quantitative estimate of drug-likeness (QED) is 0.889. The van der Waals surface area contributed by atoms with E-state index >= 15 is 0 Å². The minimum Gasteiger partial charge on any atom is -0.481 e. The van der Waals surface area contributed by atoms with Gasteiger partial charge in [0.15, 0.2) is 0 Å². The number of pyridine rings is 1. The lowest BCUT2D eigenvalue weighted by Crippen LogP contribution is -2.35. The molecule has 4 heteroatoms. The molecule has 98 valence electrons. The van der Waals surface area contributed by atoms with Crippen molar-refractivity contribution in [3.8, 4) is 0 Å². The van der Waals surface area contributed by atoms with E-state index in [0.29, 0.717) is 5.92 Å². The zero-order valence-electron chi connectivity index (χ0n) is 10.8. The Labute approximate surface area is 108 Å². The summed E-state index contributed by atoms with van der Waals surface area (Å²) in [6.07, 6.45) is 5.20. The summed E-state index contributed by atoms with van der Waals surface area (Å²) < 4.78 is 0. The number of aliphatic carboxylic acids is 1. The van der Waals surface area contributed by atoms with E-state index in [1.54, 1.807) is 0 Å². The molecule has 0 saturated carbocycles. The number of carboxylic acids is 1. The van der Waals surface area contributed by atoms with Crippen LogP contribution in [0.4, 0.5) is 5.69 Å². The summed E-state index contributed by atoms with van der Waals surface area (Å²) in [5, 5.41) is 8.74. The Balaban J connectivity index is 1.96. The average Bonchev–Trinajstić information content (AvgIpc) is 2.37. The number of anilines is 1. The lowest BCUT2D eigenvalue weighted by Gasteiger charge is -2.34. The molecule has 1 unspecified atom stereocenters. The first-order valence-electron chi connectivity index (χ1n) is 6.54. The van der Waals surface area contributed by atoms with Crippen LogP contribution in [0, 0.1) is 12.8 Å². The Bertz CT molecular complexity index is 420. The molecule has 1 aliphatic heterocycles. The normalized spacial score (nSPS) is 19.8. The number of hydrogen-bond acceptors (Lipinski definition) is 3. The minimum atomic E-state index is -0.688. The van der Waals surface area contributed by atoms with Crippen LogP contribution in [0.15, 0.2) is 18.3 Å². The second kappa shape index (κ2) is 5.85.